The Balaban J connectivity index is 2.01. The second-order valence-corrected chi connectivity index (χ2v) is 7.20. The lowest BCUT2D eigenvalue weighted by molar-refractivity contribution is -0.0930. The maximum Gasteiger partial charge on any atom is 0.0993 e. The van der Waals surface area contributed by atoms with Crippen LogP contribution in [0.5, 0.6) is 0 Å². The molecule has 21 heavy (non-hydrogen) atoms. The third-order valence-corrected chi connectivity index (χ3v) is 5.76. The van der Waals surface area contributed by atoms with E-state index in [0.717, 1.165) is 17.5 Å². The lowest BCUT2D eigenvalue weighted by Gasteiger charge is -2.32. The molecule has 0 radical (unpaired) electrons. The van der Waals surface area contributed by atoms with Gasteiger partial charge in [0.1, 0.15) is 0 Å². The third-order valence-electron chi connectivity index (χ3n) is 4.30. The molecular formula is C18H27IO2. The normalized spacial score (nSPS) is 22.2. The number of benzene rings is 1. The van der Waals surface area contributed by atoms with E-state index in [0.29, 0.717) is 12.5 Å². The Labute approximate surface area is 142 Å². The first-order chi connectivity index (χ1) is 10.0. The molecule has 0 aromatic heterocycles. The van der Waals surface area contributed by atoms with Gasteiger partial charge in [0.15, 0.2) is 0 Å². The predicted octanol–water partition coefficient (Wildman–Crippen LogP) is 5.05. The highest BCUT2D eigenvalue weighted by molar-refractivity contribution is 14.1. The van der Waals surface area contributed by atoms with Crippen LogP contribution in [0, 0.1) is 0 Å². The zero-order valence-electron chi connectivity index (χ0n) is 13.4. The van der Waals surface area contributed by atoms with Gasteiger partial charge < -0.3 is 9.47 Å². The van der Waals surface area contributed by atoms with E-state index in [1.54, 1.807) is 0 Å². The minimum atomic E-state index is -0.225. The van der Waals surface area contributed by atoms with Gasteiger partial charge in [0.2, 0.25) is 0 Å². The molecule has 1 aliphatic heterocycles. The molecule has 2 atom stereocenters. The van der Waals surface area contributed by atoms with Crippen LogP contribution in [0.25, 0.3) is 0 Å². The topological polar surface area (TPSA) is 18.5 Å². The third kappa shape index (κ3) is 4.67. The zero-order valence-corrected chi connectivity index (χ0v) is 15.6. The first-order valence-corrected chi connectivity index (χ1v) is 9.49. The summed E-state index contributed by atoms with van der Waals surface area (Å²) in [5.74, 6) is 0.571. The Morgan fingerprint density at radius 2 is 2.00 bits per heavy atom. The van der Waals surface area contributed by atoms with Gasteiger partial charge in [-0.1, -0.05) is 60.7 Å². The fourth-order valence-corrected chi connectivity index (χ4v) is 3.30. The Bertz CT molecular complexity index is 423. The molecule has 1 aliphatic rings. The van der Waals surface area contributed by atoms with Crippen molar-refractivity contribution in [3.05, 3.63) is 35.4 Å². The molecule has 0 saturated carbocycles. The number of hydrogen-bond acceptors (Lipinski definition) is 2. The van der Waals surface area contributed by atoms with Gasteiger partial charge >= 0.3 is 0 Å². The van der Waals surface area contributed by atoms with E-state index in [-0.39, 0.29) is 11.7 Å². The highest BCUT2D eigenvalue weighted by atomic mass is 127. The van der Waals surface area contributed by atoms with Crippen molar-refractivity contribution in [2.75, 3.05) is 17.6 Å². The van der Waals surface area contributed by atoms with Gasteiger partial charge in [-0.25, -0.2) is 0 Å². The van der Waals surface area contributed by atoms with Gasteiger partial charge in [-0.05, 0) is 43.2 Å². The molecule has 1 aromatic rings. The van der Waals surface area contributed by atoms with Gasteiger partial charge in [-0.15, -0.1) is 0 Å². The molecule has 0 spiro atoms. The van der Waals surface area contributed by atoms with E-state index in [9.17, 15) is 0 Å². The first-order valence-electron chi connectivity index (χ1n) is 7.97. The van der Waals surface area contributed by atoms with E-state index in [1.165, 1.54) is 24.0 Å². The van der Waals surface area contributed by atoms with Crippen molar-refractivity contribution in [3.63, 3.8) is 0 Å². The van der Waals surface area contributed by atoms with Gasteiger partial charge in [-0.2, -0.15) is 0 Å². The largest absolute Gasteiger partial charge is 0.376 e. The van der Waals surface area contributed by atoms with Crippen LogP contribution in [0.1, 0.15) is 57.1 Å². The summed E-state index contributed by atoms with van der Waals surface area (Å²) < 4.78 is 13.0. The Kier molecular flexibility index (Phi) is 6.51. The smallest absolute Gasteiger partial charge is 0.0993 e. The summed E-state index contributed by atoms with van der Waals surface area (Å²) in [5.41, 5.74) is 2.42. The van der Waals surface area contributed by atoms with Crippen molar-refractivity contribution >= 4 is 22.6 Å². The maximum absolute atomic E-state index is 6.27. The molecule has 1 aromatic carbocycles. The molecule has 0 N–H and O–H groups in total. The second-order valence-electron chi connectivity index (χ2n) is 6.44. The van der Waals surface area contributed by atoms with Gasteiger partial charge in [0.25, 0.3) is 0 Å². The number of hydrogen-bond donors (Lipinski definition) is 0. The average molecular weight is 402 g/mol. The summed E-state index contributed by atoms with van der Waals surface area (Å²) in [5, 5.41) is 0. The van der Waals surface area contributed by atoms with Crippen LogP contribution in [-0.2, 0) is 15.1 Å². The molecule has 1 fully saturated rings. The monoisotopic (exact) mass is 402 g/mol. The molecule has 0 aliphatic carbocycles. The van der Waals surface area contributed by atoms with Crippen LogP contribution in [-0.4, -0.2) is 23.7 Å². The van der Waals surface area contributed by atoms with Crippen LogP contribution in [0.4, 0.5) is 0 Å². The molecular weight excluding hydrogens is 375 g/mol. The summed E-state index contributed by atoms with van der Waals surface area (Å²) in [7, 11) is 0. The summed E-state index contributed by atoms with van der Waals surface area (Å²) >= 11 is 2.42. The van der Waals surface area contributed by atoms with E-state index < -0.39 is 0 Å². The molecule has 0 amide bonds. The quantitative estimate of drug-likeness (QED) is 0.490. The van der Waals surface area contributed by atoms with Crippen molar-refractivity contribution in [3.8, 4) is 0 Å². The molecule has 118 valence electrons. The average Bonchev–Trinajstić information content (AvgIpc) is 2.53. The van der Waals surface area contributed by atoms with Crippen molar-refractivity contribution < 1.29 is 9.47 Å². The summed E-state index contributed by atoms with van der Waals surface area (Å²) in [6.07, 6.45) is 3.86. The fourth-order valence-electron chi connectivity index (χ4n) is 2.64. The van der Waals surface area contributed by atoms with Crippen molar-refractivity contribution in [1.82, 2.24) is 0 Å². The minimum Gasteiger partial charge on any atom is -0.376 e. The van der Waals surface area contributed by atoms with Crippen LogP contribution in [0.3, 0.4) is 0 Å². The molecule has 0 bridgehead atoms. The molecule has 1 heterocycles. The number of rotatable bonds is 6. The van der Waals surface area contributed by atoms with Crippen LogP contribution >= 0.6 is 22.6 Å². The van der Waals surface area contributed by atoms with Crippen LogP contribution in [0.15, 0.2) is 24.3 Å². The summed E-state index contributed by atoms with van der Waals surface area (Å²) in [4.78, 5) is 0. The van der Waals surface area contributed by atoms with Gasteiger partial charge in [0, 0.05) is 11.0 Å². The lowest BCUT2D eigenvalue weighted by Crippen LogP contribution is -2.34. The molecule has 1 saturated heterocycles. The zero-order chi connectivity index (χ0) is 15.3. The SMILES string of the molecule is CC(C)c1ccc(C(C)(CI)OCC2CCCCO2)cc1. The van der Waals surface area contributed by atoms with E-state index >= 15 is 0 Å². The second kappa shape index (κ2) is 7.93. The van der Waals surface area contributed by atoms with Crippen LogP contribution < -0.4 is 0 Å². The Hall–Kier alpha value is -0.130. The van der Waals surface area contributed by atoms with E-state index in [1.807, 2.05) is 0 Å². The maximum atomic E-state index is 6.27. The summed E-state index contributed by atoms with van der Waals surface area (Å²) in [6.45, 7) is 8.23. The Morgan fingerprint density at radius 3 is 2.52 bits per heavy atom. The Morgan fingerprint density at radius 1 is 1.29 bits per heavy atom. The van der Waals surface area contributed by atoms with Crippen molar-refractivity contribution in [2.24, 2.45) is 0 Å². The van der Waals surface area contributed by atoms with Crippen molar-refractivity contribution in [2.45, 2.75) is 57.7 Å². The molecule has 2 unspecified atom stereocenters. The summed E-state index contributed by atoms with van der Waals surface area (Å²) in [6, 6.07) is 8.89. The predicted molar refractivity (Wildman–Crippen MR) is 96.3 cm³/mol. The molecule has 2 nitrogen and oxygen atoms in total. The fraction of sp³-hybridized carbons (Fsp3) is 0.667. The molecule has 2 rings (SSSR count). The number of halogens is 1. The van der Waals surface area contributed by atoms with Gasteiger partial charge in [0.05, 0.1) is 18.3 Å². The highest BCUT2D eigenvalue weighted by Gasteiger charge is 2.28. The highest BCUT2D eigenvalue weighted by Crippen LogP contribution is 2.30. The minimum absolute atomic E-state index is 0.225. The lowest BCUT2D eigenvalue weighted by atomic mass is 9.94. The number of alkyl halides is 1. The standard InChI is InChI=1S/C18H27IO2/c1-14(2)15-7-9-16(10-8-15)18(3,13-19)21-12-17-6-4-5-11-20-17/h7-10,14,17H,4-6,11-13H2,1-3H3. The van der Waals surface area contributed by atoms with Gasteiger partial charge in [-0.3, -0.25) is 0 Å². The molecule has 3 heteroatoms. The van der Waals surface area contributed by atoms with E-state index in [2.05, 4.69) is 67.6 Å². The van der Waals surface area contributed by atoms with E-state index in [4.69, 9.17) is 9.47 Å². The van der Waals surface area contributed by atoms with Crippen molar-refractivity contribution in [1.29, 1.82) is 0 Å². The first kappa shape index (κ1) is 17.2. The van der Waals surface area contributed by atoms with Crippen LogP contribution in [0.2, 0.25) is 0 Å². The number of ether oxygens (including phenoxy) is 2.